The highest BCUT2D eigenvalue weighted by molar-refractivity contribution is 6.13. The van der Waals surface area contributed by atoms with Crippen LogP contribution in [0.15, 0.2) is 199 Å². The lowest BCUT2D eigenvalue weighted by atomic mass is 9.81. The lowest BCUT2D eigenvalue weighted by Crippen LogP contribution is -2.14. The lowest BCUT2D eigenvalue weighted by Gasteiger charge is -2.21. The zero-order valence-electron chi connectivity index (χ0n) is 32.0. The number of allylic oxidation sites excluding steroid dienone is 1. The Labute approximate surface area is 333 Å². The van der Waals surface area contributed by atoms with E-state index >= 15 is 0 Å². The second kappa shape index (κ2) is 13.8. The van der Waals surface area contributed by atoms with E-state index in [0.29, 0.717) is 5.71 Å². The smallest absolute Gasteiger partial charge is 0.0729 e. The molecule has 0 saturated carbocycles. The van der Waals surface area contributed by atoms with Gasteiger partial charge in [-0.15, -0.1) is 0 Å². The third-order valence-corrected chi connectivity index (χ3v) is 11.8. The van der Waals surface area contributed by atoms with Crippen molar-refractivity contribution < 1.29 is 0 Å². The van der Waals surface area contributed by atoms with Gasteiger partial charge in [0.1, 0.15) is 0 Å². The van der Waals surface area contributed by atoms with Crippen LogP contribution in [0.4, 0.5) is 0 Å². The van der Waals surface area contributed by atoms with E-state index in [-0.39, 0.29) is 5.41 Å². The molecule has 0 fully saturated rings. The predicted molar refractivity (Wildman–Crippen MR) is 243 cm³/mol. The first-order valence-corrected chi connectivity index (χ1v) is 19.6. The van der Waals surface area contributed by atoms with E-state index in [1.807, 2.05) is 42.6 Å². The molecule has 0 unspecified atom stereocenters. The van der Waals surface area contributed by atoms with Gasteiger partial charge >= 0.3 is 0 Å². The van der Waals surface area contributed by atoms with Crippen LogP contribution < -0.4 is 0 Å². The van der Waals surface area contributed by atoms with Crippen molar-refractivity contribution >= 4 is 49.9 Å². The molecule has 0 saturated heterocycles. The molecule has 0 spiro atoms. The Balaban J connectivity index is 1.07. The van der Waals surface area contributed by atoms with E-state index in [9.17, 15) is 0 Å². The molecule has 9 aromatic carbocycles. The van der Waals surface area contributed by atoms with Crippen LogP contribution in [0.2, 0.25) is 0 Å². The lowest BCUT2D eigenvalue weighted by molar-refractivity contribution is 0.661. The molecular formula is C55H40N2. The number of hydrogen-bond acceptors (Lipinski definition) is 2. The molecule has 2 heteroatoms. The molecule has 0 bridgehead atoms. The number of nitrogens with zero attached hydrogens (tertiary/aromatic N) is 1. The minimum atomic E-state index is -0.0968. The third-order valence-electron chi connectivity index (χ3n) is 11.8. The van der Waals surface area contributed by atoms with Crippen LogP contribution in [0.5, 0.6) is 0 Å². The van der Waals surface area contributed by atoms with Crippen LogP contribution in [0.3, 0.4) is 0 Å². The Morgan fingerprint density at radius 2 is 1.11 bits per heavy atom. The Hall–Kier alpha value is -7.16. The second-order valence-corrected chi connectivity index (χ2v) is 15.5. The molecule has 0 heterocycles. The number of nitrogens with one attached hydrogen (secondary N) is 1. The van der Waals surface area contributed by atoms with Crippen molar-refractivity contribution in [1.29, 1.82) is 5.41 Å². The number of hydrogen-bond donors (Lipinski definition) is 1. The summed E-state index contributed by atoms with van der Waals surface area (Å²) in [6.07, 6.45) is 3.85. The quantitative estimate of drug-likeness (QED) is 0.159. The van der Waals surface area contributed by atoms with E-state index in [2.05, 4.69) is 172 Å². The van der Waals surface area contributed by atoms with Gasteiger partial charge in [0.2, 0.25) is 0 Å². The minimum Gasteiger partial charge on any atom is -0.300 e. The van der Waals surface area contributed by atoms with Gasteiger partial charge in [-0.05, 0) is 94.5 Å². The maximum absolute atomic E-state index is 9.02. The zero-order chi connectivity index (χ0) is 38.5. The van der Waals surface area contributed by atoms with Gasteiger partial charge in [0.15, 0.2) is 0 Å². The van der Waals surface area contributed by atoms with Crippen LogP contribution in [0, 0.1) is 5.41 Å². The molecule has 10 rings (SSSR count). The van der Waals surface area contributed by atoms with Crippen molar-refractivity contribution in [3.8, 4) is 33.4 Å². The number of aliphatic imine (C=N–C) groups is 1. The molecule has 57 heavy (non-hydrogen) atoms. The van der Waals surface area contributed by atoms with Gasteiger partial charge in [0.25, 0.3) is 0 Å². The monoisotopic (exact) mass is 728 g/mol. The molecule has 9 aromatic rings. The Kier molecular flexibility index (Phi) is 8.34. The van der Waals surface area contributed by atoms with Gasteiger partial charge in [-0.3, -0.25) is 4.99 Å². The average Bonchev–Trinajstić information content (AvgIpc) is 3.51. The molecule has 1 aliphatic rings. The van der Waals surface area contributed by atoms with E-state index in [0.717, 1.165) is 38.5 Å². The van der Waals surface area contributed by atoms with E-state index < -0.39 is 0 Å². The summed E-state index contributed by atoms with van der Waals surface area (Å²) >= 11 is 0. The third kappa shape index (κ3) is 5.89. The SMILES string of the molecule is CC1(C)c2cccc(-c3cccc(-c4ccc(C=N/C(=C\C(=N)c5ccccc5)c5cccc6ccccc56)c5ccccc45)c3)c2-c2c1ccc1ccccc21. The van der Waals surface area contributed by atoms with Crippen LogP contribution in [-0.2, 0) is 5.41 Å². The summed E-state index contributed by atoms with van der Waals surface area (Å²) in [5, 5.41) is 16.1. The summed E-state index contributed by atoms with van der Waals surface area (Å²) < 4.78 is 0. The normalized spacial score (nSPS) is 13.3. The fraction of sp³-hybridized carbons (Fsp3) is 0.0545. The van der Waals surface area contributed by atoms with Gasteiger partial charge < -0.3 is 5.41 Å². The summed E-state index contributed by atoms with van der Waals surface area (Å²) in [6, 6.07) is 66.8. The maximum atomic E-state index is 9.02. The van der Waals surface area contributed by atoms with Gasteiger partial charge in [-0.25, -0.2) is 0 Å². The highest BCUT2D eigenvalue weighted by atomic mass is 14.7. The molecule has 0 aliphatic heterocycles. The Morgan fingerprint density at radius 3 is 1.91 bits per heavy atom. The number of fused-ring (bicyclic) bond motifs is 7. The topological polar surface area (TPSA) is 36.2 Å². The van der Waals surface area contributed by atoms with Crippen LogP contribution in [0.25, 0.3) is 71.4 Å². The fourth-order valence-corrected chi connectivity index (χ4v) is 8.94. The van der Waals surface area contributed by atoms with Crippen LogP contribution in [0.1, 0.15) is 41.7 Å². The molecule has 1 N–H and O–H groups in total. The molecule has 0 aromatic heterocycles. The first-order valence-electron chi connectivity index (χ1n) is 19.6. The molecular weight excluding hydrogens is 689 g/mol. The van der Waals surface area contributed by atoms with Gasteiger partial charge in [-0.2, -0.15) is 0 Å². The minimum absolute atomic E-state index is 0.0968. The Bertz CT molecular complexity index is 3100. The largest absolute Gasteiger partial charge is 0.300 e. The second-order valence-electron chi connectivity index (χ2n) is 15.5. The molecule has 2 nitrogen and oxygen atoms in total. The summed E-state index contributed by atoms with van der Waals surface area (Å²) in [4.78, 5) is 5.17. The van der Waals surface area contributed by atoms with Crippen molar-refractivity contribution in [2.75, 3.05) is 0 Å². The van der Waals surface area contributed by atoms with Crippen molar-refractivity contribution in [2.24, 2.45) is 4.99 Å². The van der Waals surface area contributed by atoms with Crippen LogP contribution in [-0.4, -0.2) is 11.9 Å². The summed E-state index contributed by atoms with van der Waals surface area (Å²) in [5.41, 5.74) is 14.2. The number of benzene rings is 9. The molecule has 0 atom stereocenters. The fourth-order valence-electron chi connectivity index (χ4n) is 8.94. The molecule has 0 amide bonds. The van der Waals surface area contributed by atoms with Crippen molar-refractivity contribution in [3.63, 3.8) is 0 Å². The van der Waals surface area contributed by atoms with Crippen LogP contribution >= 0.6 is 0 Å². The Morgan fingerprint density at radius 1 is 0.491 bits per heavy atom. The van der Waals surface area contributed by atoms with Crippen molar-refractivity contribution in [3.05, 3.63) is 222 Å². The first-order chi connectivity index (χ1) is 28.0. The first kappa shape index (κ1) is 34.3. The maximum Gasteiger partial charge on any atom is 0.0729 e. The van der Waals surface area contributed by atoms with E-state index in [1.165, 1.54) is 60.7 Å². The zero-order valence-corrected chi connectivity index (χ0v) is 32.0. The standard InChI is InChI=1S/C55H40N2/c1-55(2)49-28-14-26-46(54(49)53-45-24-9-7-16-37(45)30-32-50(53)55)40-21-12-20-39(33-40)44-31-29-41(43-23-10-11-25-47(43)44)35-57-52(34-51(56)38-17-4-3-5-18-38)48-27-13-19-36-15-6-8-22-42(36)48/h3-35,56H,1-2H3/b52-34-,56-51?,57-35?. The van der Waals surface area contributed by atoms with Crippen molar-refractivity contribution in [2.45, 2.75) is 19.3 Å². The molecule has 270 valence electrons. The molecule has 1 aliphatic carbocycles. The summed E-state index contributed by atoms with van der Waals surface area (Å²) in [5.74, 6) is 0. The van der Waals surface area contributed by atoms with Gasteiger partial charge in [-0.1, -0.05) is 196 Å². The van der Waals surface area contributed by atoms with E-state index in [1.54, 1.807) is 0 Å². The van der Waals surface area contributed by atoms with E-state index in [4.69, 9.17) is 10.4 Å². The summed E-state index contributed by atoms with van der Waals surface area (Å²) in [6.45, 7) is 4.72. The average molecular weight is 729 g/mol. The van der Waals surface area contributed by atoms with Gasteiger partial charge in [0, 0.05) is 22.8 Å². The predicted octanol–water partition coefficient (Wildman–Crippen LogP) is 14.3. The summed E-state index contributed by atoms with van der Waals surface area (Å²) in [7, 11) is 0. The molecule has 0 radical (unpaired) electrons. The highest BCUT2D eigenvalue weighted by Crippen LogP contribution is 2.54. The highest BCUT2D eigenvalue weighted by Gasteiger charge is 2.37. The van der Waals surface area contributed by atoms with Crippen molar-refractivity contribution in [1.82, 2.24) is 0 Å². The number of rotatable bonds is 7. The van der Waals surface area contributed by atoms with Gasteiger partial charge in [0.05, 0.1) is 11.4 Å².